The Morgan fingerprint density at radius 3 is 2.44 bits per heavy atom. The second kappa shape index (κ2) is 8.63. The van der Waals surface area contributed by atoms with Crippen LogP contribution in [0, 0.1) is 0 Å². The number of hydrogen-bond donors (Lipinski definition) is 0. The van der Waals surface area contributed by atoms with Gasteiger partial charge in [-0.25, -0.2) is 0 Å². The van der Waals surface area contributed by atoms with E-state index in [0.717, 1.165) is 5.56 Å². The van der Waals surface area contributed by atoms with Crippen molar-refractivity contribution >= 4 is 18.0 Å². The maximum Gasteiger partial charge on any atom is 0.291 e. The van der Waals surface area contributed by atoms with Crippen molar-refractivity contribution in [3.05, 3.63) is 54.1 Å². The van der Waals surface area contributed by atoms with E-state index >= 15 is 0 Å². The van der Waals surface area contributed by atoms with Gasteiger partial charge >= 0.3 is 0 Å². The van der Waals surface area contributed by atoms with E-state index in [1.807, 2.05) is 12.1 Å². The van der Waals surface area contributed by atoms with Crippen molar-refractivity contribution in [1.82, 2.24) is 14.9 Å². The molecule has 0 saturated heterocycles. The molecule has 1 heterocycles. The second-order valence-corrected chi connectivity index (χ2v) is 6.20. The molecule has 9 heteroatoms. The van der Waals surface area contributed by atoms with Gasteiger partial charge in [0.25, 0.3) is 5.76 Å². The minimum Gasteiger partial charge on any atom is -0.497 e. The second-order valence-electron chi connectivity index (χ2n) is 5.25. The molecule has 6 nitrogen and oxygen atoms in total. The number of aromatic nitrogens is 3. The Kier molecular flexibility index (Phi) is 6.02. The van der Waals surface area contributed by atoms with E-state index in [1.165, 1.54) is 10.9 Å². The van der Waals surface area contributed by atoms with Crippen LogP contribution in [0.4, 0.5) is 8.78 Å². The summed E-state index contributed by atoms with van der Waals surface area (Å²) in [7, 11) is 3.13. The lowest BCUT2D eigenvalue weighted by Gasteiger charge is -2.05. The van der Waals surface area contributed by atoms with Crippen molar-refractivity contribution in [3.63, 3.8) is 0 Å². The minimum absolute atomic E-state index is 0.00466. The molecule has 0 amide bonds. The summed E-state index contributed by atoms with van der Waals surface area (Å²) in [6, 6.07) is 14.2. The summed E-state index contributed by atoms with van der Waals surface area (Å²) in [5, 5.41) is 12.2. The summed E-state index contributed by atoms with van der Waals surface area (Å²) in [5.41, 5.74) is 1.42. The third kappa shape index (κ3) is 4.62. The Labute approximate surface area is 158 Å². The quantitative estimate of drug-likeness (QED) is 0.448. The predicted molar refractivity (Wildman–Crippen MR) is 99.9 cm³/mol. The van der Waals surface area contributed by atoms with E-state index in [9.17, 15) is 8.78 Å². The van der Waals surface area contributed by atoms with Crippen LogP contribution in [0.15, 0.2) is 58.8 Å². The Hall–Kier alpha value is -2.94. The Balaban J connectivity index is 1.99. The minimum atomic E-state index is -2.64. The van der Waals surface area contributed by atoms with Crippen LogP contribution in [0.3, 0.4) is 0 Å². The molecule has 0 bridgehead atoms. The molecular formula is C18H16F2N4O2S. The van der Waals surface area contributed by atoms with Gasteiger partial charge in [-0.1, -0.05) is 12.1 Å². The van der Waals surface area contributed by atoms with Gasteiger partial charge in [-0.2, -0.15) is 18.6 Å². The molecule has 140 valence electrons. The first-order valence-electron chi connectivity index (χ1n) is 7.84. The van der Waals surface area contributed by atoms with Crippen LogP contribution in [0.25, 0.3) is 11.4 Å². The fourth-order valence-corrected chi connectivity index (χ4v) is 2.77. The first kappa shape index (κ1) is 18.8. The van der Waals surface area contributed by atoms with Crippen molar-refractivity contribution in [1.29, 1.82) is 0 Å². The number of rotatable bonds is 7. The van der Waals surface area contributed by atoms with E-state index < -0.39 is 5.76 Å². The highest BCUT2D eigenvalue weighted by Crippen LogP contribution is 2.28. The number of nitrogens with zero attached hydrogens (tertiary/aromatic N) is 4. The number of ether oxygens (including phenoxy) is 2. The summed E-state index contributed by atoms with van der Waals surface area (Å²) < 4.78 is 37.3. The lowest BCUT2D eigenvalue weighted by Crippen LogP contribution is -1.98. The molecule has 0 saturated carbocycles. The normalized spacial score (nSPS) is 11.3. The average molecular weight is 390 g/mol. The number of halogens is 2. The monoisotopic (exact) mass is 390 g/mol. The third-order valence-corrected chi connectivity index (χ3v) is 4.21. The zero-order valence-electron chi connectivity index (χ0n) is 14.5. The lowest BCUT2D eigenvalue weighted by atomic mass is 10.2. The molecule has 0 fully saturated rings. The molecule has 0 aliphatic heterocycles. The standard InChI is InChI=1S/C18H16F2N4O2S/c1-25-14-8-6-13(7-9-14)16-22-23-18(27-17(19)20)24(16)21-11-12-4-3-5-15(10-12)26-2/h3-11,17H,1-2H3/b21-11-. The highest BCUT2D eigenvalue weighted by atomic mass is 32.2. The molecule has 0 aliphatic rings. The van der Waals surface area contributed by atoms with Crippen LogP contribution in [0.5, 0.6) is 11.5 Å². The number of hydrogen-bond acceptors (Lipinski definition) is 6. The first-order chi connectivity index (χ1) is 13.1. The summed E-state index contributed by atoms with van der Waals surface area (Å²) in [5.74, 6) is -0.948. The predicted octanol–water partition coefficient (Wildman–Crippen LogP) is 4.16. The van der Waals surface area contributed by atoms with Gasteiger partial charge in [0, 0.05) is 5.56 Å². The molecule has 0 spiro atoms. The smallest absolute Gasteiger partial charge is 0.291 e. The molecule has 0 unspecified atom stereocenters. The number of alkyl halides is 2. The van der Waals surface area contributed by atoms with Crippen molar-refractivity contribution in [2.45, 2.75) is 10.9 Å². The van der Waals surface area contributed by atoms with E-state index in [4.69, 9.17) is 9.47 Å². The fraction of sp³-hybridized carbons (Fsp3) is 0.167. The highest BCUT2D eigenvalue weighted by Gasteiger charge is 2.18. The molecule has 0 radical (unpaired) electrons. The lowest BCUT2D eigenvalue weighted by molar-refractivity contribution is 0.251. The van der Waals surface area contributed by atoms with Crippen LogP contribution in [0.2, 0.25) is 0 Å². The zero-order valence-corrected chi connectivity index (χ0v) is 15.4. The SMILES string of the molecule is COc1ccc(-c2nnc(SC(F)F)n2/N=C\c2cccc(OC)c2)cc1. The summed E-state index contributed by atoms with van der Waals surface area (Å²) in [4.78, 5) is 0. The van der Waals surface area contributed by atoms with Crippen LogP contribution in [0.1, 0.15) is 5.56 Å². The Bertz CT molecular complexity index is 929. The topological polar surface area (TPSA) is 61.5 Å². The summed E-state index contributed by atoms with van der Waals surface area (Å²) >= 11 is 0.284. The molecule has 0 aliphatic carbocycles. The van der Waals surface area contributed by atoms with E-state index in [1.54, 1.807) is 50.6 Å². The molecule has 0 N–H and O–H groups in total. The first-order valence-corrected chi connectivity index (χ1v) is 8.71. The number of methoxy groups -OCH3 is 2. The average Bonchev–Trinajstić information content (AvgIpc) is 3.08. The fourth-order valence-electron chi connectivity index (χ4n) is 2.29. The van der Waals surface area contributed by atoms with Gasteiger partial charge < -0.3 is 9.47 Å². The van der Waals surface area contributed by atoms with Crippen molar-refractivity contribution in [3.8, 4) is 22.9 Å². The Morgan fingerprint density at radius 2 is 1.78 bits per heavy atom. The van der Waals surface area contributed by atoms with Gasteiger partial charge in [-0.3, -0.25) is 0 Å². The number of thioether (sulfide) groups is 1. The molecule has 27 heavy (non-hydrogen) atoms. The van der Waals surface area contributed by atoms with E-state index in [2.05, 4.69) is 15.3 Å². The highest BCUT2D eigenvalue weighted by molar-refractivity contribution is 7.99. The number of benzene rings is 2. The molecule has 2 aromatic carbocycles. The molecule has 3 aromatic rings. The van der Waals surface area contributed by atoms with Crippen LogP contribution >= 0.6 is 11.8 Å². The molecule has 1 aromatic heterocycles. The van der Waals surface area contributed by atoms with Crippen molar-refractivity contribution in [2.24, 2.45) is 5.10 Å². The maximum atomic E-state index is 12.9. The van der Waals surface area contributed by atoms with Gasteiger partial charge in [0.15, 0.2) is 5.82 Å². The van der Waals surface area contributed by atoms with E-state index in [-0.39, 0.29) is 16.9 Å². The van der Waals surface area contributed by atoms with Gasteiger partial charge in [-0.05, 0) is 53.7 Å². The van der Waals surface area contributed by atoms with Gasteiger partial charge in [0.2, 0.25) is 5.16 Å². The van der Waals surface area contributed by atoms with E-state index in [0.29, 0.717) is 22.9 Å². The molecule has 0 atom stereocenters. The third-order valence-electron chi connectivity index (χ3n) is 3.57. The summed E-state index contributed by atoms with van der Waals surface area (Å²) in [6.45, 7) is 0. The molecular weight excluding hydrogens is 374 g/mol. The maximum absolute atomic E-state index is 12.9. The largest absolute Gasteiger partial charge is 0.497 e. The van der Waals surface area contributed by atoms with Crippen LogP contribution in [-0.2, 0) is 0 Å². The molecule has 3 rings (SSSR count). The zero-order chi connectivity index (χ0) is 19.2. The van der Waals surface area contributed by atoms with Gasteiger partial charge in [-0.15, -0.1) is 10.2 Å². The van der Waals surface area contributed by atoms with Crippen LogP contribution in [-0.4, -0.2) is 41.1 Å². The van der Waals surface area contributed by atoms with Gasteiger partial charge in [0.05, 0.1) is 20.4 Å². The Morgan fingerprint density at radius 1 is 1.04 bits per heavy atom. The van der Waals surface area contributed by atoms with Crippen LogP contribution < -0.4 is 9.47 Å². The van der Waals surface area contributed by atoms with Crippen molar-refractivity contribution < 1.29 is 18.3 Å². The van der Waals surface area contributed by atoms with Crippen molar-refractivity contribution in [2.75, 3.05) is 14.2 Å². The summed E-state index contributed by atoms with van der Waals surface area (Å²) in [6.07, 6.45) is 1.54. The van der Waals surface area contributed by atoms with Gasteiger partial charge in [0.1, 0.15) is 11.5 Å².